The second-order valence-corrected chi connectivity index (χ2v) is 4.41. The topological polar surface area (TPSA) is 70.7 Å². The zero-order valence-electron chi connectivity index (χ0n) is 10.2. The molecule has 0 atom stereocenters. The summed E-state index contributed by atoms with van der Waals surface area (Å²) >= 11 is 0. The Morgan fingerprint density at radius 3 is 2.79 bits per heavy atom. The Kier molecular flexibility index (Phi) is 2.79. The van der Waals surface area contributed by atoms with Crippen LogP contribution in [0.3, 0.4) is 0 Å². The summed E-state index contributed by atoms with van der Waals surface area (Å²) in [6.07, 6.45) is 4.22. The molecule has 3 aromatic rings. The van der Waals surface area contributed by atoms with Crippen molar-refractivity contribution in [2.75, 3.05) is 0 Å². The van der Waals surface area contributed by atoms with Gasteiger partial charge in [0.25, 0.3) is 5.56 Å². The molecule has 0 saturated heterocycles. The molecule has 0 fully saturated rings. The molecule has 0 saturated carbocycles. The summed E-state index contributed by atoms with van der Waals surface area (Å²) in [5, 5.41) is 1.17. The summed E-state index contributed by atoms with van der Waals surface area (Å²) in [5.74, 6) is 0. The van der Waals surface area contributed by atoms with Crippen molar-refractivity contribution in [1.82, 2.24) is 14.5 Å². The normalized spacial score (nSPS) is 10.9. The van der Waals surface area contributed by atoms with Gasteiger partial charge in [0, 0.05) is 35.9 Å². The van der Waals surface area contributed by atoms with Crippen LogP contribution in [0.1, 0.15) is 5.56 Å². The maximum atomic E-state index is 11.6. The van der Waals surface area contributed by atoms with Crippen LogP contribution < -0.4 is 11.2 Å². The van der Waals surface area contributed by atoms with Gasteiger partial charge in [-0.3, -0.25) is 9.78 Å². The number of H-pyrrole nitrogens is 2. The SMILES string of the molecule is O=c1ccn(CCc2c[nH]c3ccccc23)c(=O)[nH]1. The minimum Gasteiger partial charge on any atom is -0.361 e. The van der Waals surface area contributed by atoms with E-state index >= 15 is 0 Å². The third-order valence-corrected chi connectivity index (χ3v) is 3.19. The lowest BCUT2D eigenvalue weighted by Crippen LogP contribution is -2.29. The fraction of sp³-hybridized carbons (Fsp3) is 0.143. The Balaban J connectivity index is 1.86. The third-order valence-electron chi connectivity index (χ3n) is 3.19. The van der Waals surface area contributed by atoms with E-state index in [0.717, 1.165) is 17.5 Å². The Morgan fingerprint density at radius 2 is 1.95 bits per heavy atom. The maximum absolute atomic E-state index is 11.6. The lowest BCUT2D eigenvalue weighted by atomic mass is 10.1. The average molecular weight is 255 g/mol. The Labute approximate surface area is 108 Å². The number of rotatable bonds is 3. The van der Waals surface area contributed by atoms with Gasteiger partial charge >= 0.3 is 5.69 Å². The molecule has 2 heterocycles. The molecule has 0 aliphatic rings. The van der Waals surface area contributed by atoms with Crippen molar-refractivity contribution in [1.29, 1.82) is 0 Å². The summed E-state index contributed by atoms with van der Waals surface area (Å²) in [6, 6.07) is 9.40. The van der Waals surface area contributed by atoms with Gasteiger partial charge in [-0.25, -0.2) is 4.79 Å². The molecule has 1 aromatic carbocycles. The summed E-state index contributed by atoms with van der Waals surface area (Å²) in [5.41, 5.74) is 1.51. The van der Waals surface area contributed by atoms with Crippen molar-refractivity contribution >= 4 is 10.9 Å². The van der Waals surface area contributed by atoms with E-state index in [1.54, 1.807) is 0 Å². The number of aromatic nitrogens is 3. The van der Waals surface area contributed by atoms with E-state index in [4.69, 9.17) is 0 Å². The number of nitrogens with one attached hydrogen (secondary N) is 2. The van der Waals surface area contributed by atoms with Crippen molar-refractivity contribution in [3.05, 3.63) is 69.1 Å². The van der Waals surface area contributed by atoms with Crippen LogP contribution in [-0.2, 0) is 13.0 Å². The Bertz CT molecular complexity index is 826. The molecule has 3 rings (SSSR count). The highest BCUT2D eigenvalue weighted by Crippen LogP contribution is 2.18. The smallest absolute Gasteiger partial charge is 0.328 e. The Morgan fingerprint density at radius 1 is 1.11 bits per heavy atom. The van der Waals surface area contributed by atoms with E-state index in [-0.39, 0.29) is 11.2 Å². The van der Waals surface area contributed by atoms with Crippen molar-refractivity contribution in [3.8, 4) is 0 Å². The summed E-state index contributed by atoms with van der Waals surface area (Å²) in [7, 11) is 0. The van der Waals surface area contributed by atoms with E-state index in [1.807, 2.05) is 24.4 Å². The minimum absolute atomic E-state index is 0.367. The molecular weight excluding hydrogens is 242 g/mol. The lowest BCUT2D eigenvalue weighted by molar-refractivity contribution is 0.647. The largest absolute Gasteiger partial charge is 0.361 e. The zero-order chi connectivity index (χ0) is 13.2. The highest BCUT2D eigenvalue weighted by Gasteiger charge is 2.03. The Hall–Kier alpha value is -2.56. The molecular formula is C14H13N3O2. The molecule has 2 aromatic heterocycles. The van der Waals surface area contributed by atoms with E-state index in [2.05, 4.69) is 16.0 Å². The highest BCUT2D eigenvalue weighted by atomic mass is 16.2. The number of hydrogen-bond donors (Lipinski definition) is 2. The molecule has 0 radical (unpaired) electrons. The predicted octanol–water partition coefficient (Wildman–Crippen LogP) is 1.26. The van der Waals surface area contributed by atoms with Crippen molar-refractivity contribution < 1.29 is 0 Å². The van der Waals surface area contributed by atoms with Crippen LogP contribution in [0.15, 0.2) is 52.3 Å². The van der Waals surface area contributed by atoms with Crippen LogP contribution in [0, 0.1) is 0 Å². The average Bonchev–Trinajstić information content (AvgIpc) is 2.81. The molecule has 19 heavy (non-hydrogen) atoms. The number of nitrogens with zero attached hydrogens (tertiary/aromatic N) is 1. The van der Waals surface area contributed by atoms with Crippen molar-refractivity contribution in [2.24, 2.45) is 0 Å². The molecule has 0 amide bonds. The summed E-state index contributed by atoms with van der Waals surface area (Å²) < 4.78 is 1.50. The van der Waals surface area contributed by atoms with Gasteiger partial charge in [0.1, 0.15) is 0 Å². The van der Waals surface area contributed by atoms with Crippen LogP contribution >= 0.6 is 0 Å². The van der Waals surface area contributed by atoms with Gasteiger partial charge in [0.05, 0.1) is 0 Å². The van der Waals surface area contributed by atoms with Crippen molar-refractivity contribution in [3.63, 3.8) is 0 Å². The number of fused-ring (bicyclic) bond motifs is 1. The van der Waals surface area contributed by atoms with Gasteiger partial charge in [-0.05, 0) is 18.1 Å². The molecule has 0 bridgehead atoms. The first-order valence-electron chi connectivity index (χ1n) is 6.09. The fourth-order valence-electron chi connectivity index (χ4n) is 2.20. The van der Waals surface area contributed by atoms with Crippen LogP contribution in [-0.4, -0.2) is 14.5 Å². The van der Waals surface area contributed by atoms with Gasteiger partial charge in [0.15, 0.2) is 0 Å². The molecule has 2 N–H and O–H groups in total. The molecule has 0 spiro atoms. The zero-order valence-corrected chi connectivity index (χ0v) is 10.2. The second-order valence-electron chi connectivity index (χ2n) is 4.41. The first-order chi connectivity index (χ1) is 9.24. The number of benzene rings is 1. The monoisotopic (exact) mass is 255 g/mol. The third kappa shape index (κ3) is 2.22. The van der Waals surface area contributed by atoms with Gasteiger partial charge < -0.3 is 9.55 Å². The fourth-order valence-corrected chi connectivity index (χ4v) is 2.20. The molecule has 0 unspecified atom stereocenters. The quantitative estimate of drug-likeness (QED) is 0.739. The number of para-hydroxylation sites is 1. The highest BCUT2D eigenvalue weighted by molar-refractivity contribution is 5.82. The van der Waals surface area contributed by atoms with E-state index in [9.17, 15) is 9.59 Å². The summed E-state index contributed by atoms with van der Waals surface area (Å²) in [4.78, 5) is 28.0. The van der Waals surface area contributed by atoms with Gasteiger partial charge in [-0.2, -0.15) is 0 Å². The standard InChI is InChI=1S/C14H13N3O2/c18-13-6-8-17(14(19)16-13)7-5-10-9-15-12-4-2-1-3-11(10)12/h1-4,6,8-9,15H,5,7H2,(H,16,18,19). The van der Waals surface area contributed by atoms with Gasteiger partial charge in [-0.15, -0.1) is 0 Å². The molecule has 0 aliphatic carbocycles. The molecule has 5 nitrogen and oxygen atoms in total. The van der Waals surface area contributed by atoms with E-state index in [1.165, 1.54) is 22.2 Å². The van der Waals surface area contributed by atoms with Gasteiger partial charge in [-0.1, -0.05) is 18.2 Å². The molecule has 96 valence electrons. The first kappa shape index (κ1) is 11.5. The van der Waals surface area contributed by atoms with Crippen molar-refractivity contribution in [2.45, 2.75) is 13.0 Å². The lowest BCUT2D eigenvalue weighted by Gasteiger charge is -2.03. The maximum Gasteiger partial charge on any atom is 0.328 e. The molecule has 5 heteroatoms. The van der Waals surface area contributed by atoms with Crippen LogP contribution in [0.2, 0.25) is 0 Å². The van der Waals surface area contributed by atoms with E-state index in [0.29, 0.717) is 6.54 Å². The minimum atomic E-state index is -0.368. The number of aryl methyl sites for hydroxylation is 2. The predicted molar refractivity (Wildman–Crippen MR) is 73.3 cm³/mol. The summed E-state index contributed by atoms with van der Waals surface area (Å²) in [6.45, 7) is 0.539. The van der Waals surface area contributed by atoms with Gasteiger partial charge in [0.2, 0.25) is 0 Å². The van der Waals surface area contributed by atoms with Crippen LogP contribution in [0.5, 0.6) is 0 Å². The second kappa shape index (κ2) is 4.61. The number of aromatic amines is 2. The van der Waals surface area contributed by atoms with Crippen LogP contribution in [0.25, 0.3) is 10.9 Å². The molecule has 0 aliphatic heterocycles. The van der Waals surface area contributed by atoms with E-state index < -0.39 is 0 Å². The number of hydrogen-bond acceptors (Lipinski definition) is 2. The van der Waals surface area contributed by atoms with Crippen LogP contribution in [0.4, 0.5) is 0 Å². The first-order valence-corrected chi connectivity index (χ1v) is 6.09.